The zero-order chi connectivity index (χ0) is 46.2. The normalized spacial score (nSPS) is 21.3. The molecule has 2 aromatic heterocycles. The van der Waals surface area contributed by atoms with Crippen molar-refractivity contribution >= 4 is 55.5 Å². The van der Waals surface area contributed by atoms with E-state index in [1.54, 1.807) is 24.4 Å². The number of H-pyrrole nitrogens is 1. The summed E-state index contributed by atoms with van der Waals surface area (Å²) in [5.74, 6) is -0.657. The van der Waals surface area contributed by atoms with Crippen LogP contribution in [0.1, 0.15) is 80.3 Å². The summed E-state index contributed by atoms with van der Waals surface area (Å²) in [6.45, 7) is 9.05. The fourth-order valence-electron chi connectivity index (χ4n) is 9.72. The number of benzene rings is 3. The summed E-state index contributed by atoms with van der Waals surface area (Å²) in [7, 11) is -4.66. The summed E-state index contributed by atoms with van der Waals surface area (Å²) >= 11 is 6.24. The third-order valence-corrected chi connectivity index (χ3v) is 15.0. The minimum Gasteiger partial charge on any atom is -0.493 e. The molecule has 1 saturated heterocycles. The fraction of sp³-hybridized carbons (Fsp3) is 0.429. The van der Waals surface area contributed by atoms with Crippen LogP contribution in [0.25, 0.3) is 16.6 Å². The molecule has 5 aromatic rings. The van der Waals surface area contributed by atoms with Crippen molar-refractivity contribution < 1.29 is 37.5 Å². The number of nitrogens with zero attached hydrogens (tertiary/aromatic N) is 4. The molecule has 0 spiro atoms. The highest BCUT2D eigenvalue weighted by Gasteiger charge is 2.34. The molecule has 0 unspecified atom stereocenters. The summed E-state index contributed by atoms with van der Waals surface area (Å²) in [5.41, 5.74) is 5.54. The maximum absolute atomic E-state index is 14.1. The van der Waals surface area contributed by atoms with Crippen molar-refractivity contribution in [2.75, 3.05) is 50.8 Å². The van der Waals surface area contributed by atoms with Crippen molar-refractivity contribution in [3.05, 3.63) is 117 Å². The molecule has 3 aromatic carbocycles. The first-order valence-corrected chi connectivity index (χ1v) is 24.5. The topological polar surface area (TPSA) is 189 Å². The van der Waals surface area contributed by atoms with Crippen molar-refractivity contribution in [1.29, 1.82) is 0 Å². The summed E-state index contributed by atoms with van der Waals surface area (Å²) in [6.07, 6.45) is 9.18. The maximum Gasteiger partial charge on any atom is 0.277 e. The van der Waals surface area contributed by atoms with Gasteiger partial charge in [0, 0.05) is 79.1 Å². The molecule has 4 aliphatic rings. The Morgan fingerprint density at radius 1 is 1.05 bits per heavy atom. The molecule has 66 heavy (non-hydrogen) atoms. The van der Waals surface area contributed by atoms with Crippen LogP contribution < -0.4 is 19.1 Å². The number of pyridine rings is 1. The van der Waals surface area contributed by atoms with Gasteiger partial charge < -0.3 is 29.2 Å². The van der Waals surface area contributed by atoms with Gasteiger partial charge in [-0.05, 0) is 104 Å². The second-order valence-electron chi connectivity index (χ2n) is 18.8. The number of allylic oxidation sites excluding steroid dienone is 1. The second-order valence-corrected chi connectivity index (χ2v) is 20.9. The van der Waals surface area contributed by atoms with Crippen LogP contribution >= 0.6 is 11.6 Å². The van der Waals surface area contributed by atoms with E-state index in [2.05, 4.69) is 50.5 Å². The summed E-state index contributed by atoms with van der Waals surface area (Å²) in [5, 5.41) is 23.7. The van der Waals surface area contributed by atoms with Gasteiger partial charge in [0.1, 0.15) is 22.9 Å². The third kappa shape index (κ3) is 10.4. The highest BCUT2D eigenvalue weighted by atomic mass is 35.5. The van der Waals surface area contributed by atoms with E-state index < -0.39 is 31.4 Å². The van der Waals surface area contributed by atoms with Crippen LogP contribution in [-0.4, -0.2) is 97.4 Å². The number of aliphatic hydroxyl groups is 1. The van der Waals surface area contributed by atoms with Gasteiger partial charge in [0.2, 0.25) is 0 Å². The molecule has 3 N–H and O–H groups in total. The molecular weight excluding hydrogens is 884 g/mol. The van der Waals surface area contributed by atoms with E-state index in [0.717, 1.165) is 73.9 Å². The molecule has 0 bridgehead atoms. The predicted octanol–water partition coefficient (Wildman–Crippen LogP) is 8.69. The van der Waals surface area contributed by atoms with Crippen LogP contribution in [0.2, 0.25) is 5.02 Å². The number of ether oxygens (including phenoxy) is 3. The lowest BCUT2D eigenvalue weighted by atomic mass is 9.73. The Kier molecular flexibility index (Phi) is 13.1. The number of rotatable bonds is 13. The van der Waals surface area contributed by atoms with Crippen LogP contribution in [-0.2, 0) is 21.2 Å². The molecule has 2 fully saturated rings. The number of piperazine rings is 1. The van der Waals surface area contributed by atoms with E-state index >= 15 is 0 Å². The molecule has 1 atom stereocenters. The van der Waals surface area contributed by atoms with E-state index in [-0.39, 0.29) is 59.2 Å². The largest absolute Gasteiger partial charge is 0.493 e. The average molecular weight is 940 g/mol. The number of fused-ring (bicyclic) bond motifs is 2. The first-order valence-electron chi connectivity index (χ1n) is 22.7. The van der Waals surface area contributed by atoms with Crippen molar-refractivity contribution in [1.82, 2.24) is 19.6 Å². The van der Waals surface area contributed by atoms with Gasteiger partial charge in [-0.3, -0.25) is 19.8 Å². The molecular formula is C49H55ClN6O9S. The lowest BCUT2D eigenvalue weighted by Gasteiger charge is -2.39. The number of hydrogen-bond donors (Lipinski definition) is 3. The molecule has 2 aliphatic carbocycles. The van der Waals surface area contributed by atoms with E-state index in [0.29, 0.717) is 43.9 Å². The second kappa shape index (κ2) is 19.0. The number of nitrogens with one attached hydrogen (secondary N) is 2. The highest BCUT2D eigenvalue weighted by Crippen LogP contribution is 2.43. The van der Waals surface area contributed by atoms with Gasteiger partial charge in [0.15, 0.2) is 0 Å². The number of anilines is 1. The molecule has 9 rings (SSSR count). The smallest absolute Gasteiger partial charge is 0.277 e. The van der Waals surface area contributed by atoms with E-state index in [1.165, 1.54) is 35.0 Å². The zero-order valence-corrected chi connectivity index (χ0v) is 38.7. The Bertz CT molecular complexity index is 2760. The molecule has 348 valence electrons. The number of nitro benzene ring substituents is 1. The Morgan fingerprint density at radius 3 is 2.58 bits per heavy atom. The lowest BCUT2D eigenvalue weighted by molar-refractivity contribution is -0.386. The molecule has 1 amide bonds. The Hall–Kier alpha value is -5.52. The number of sulfonamides is 1. The maximum atomic E-state index is 14.1. The minimum atomic E-state index is -4.66. The van der Waals surface area contributed by atoms with Gasteiger partial charge in [-0.15, -0.1) is 0 Å². The molecule has 1 saturated carbocycles. The van der Waals surface area contributed by atoms with Gasteiger partial charge in [0.25, 0.3) is 21.6 Å². The number of carbonyl (C=O) groups is 1. The number of aliphatic hydroxyl groups excluding tert-OH is 1. The Labute approximate surface area is 389 Å². The van der Waals surface area contributed by atoms with E-state index in [1.807, 2.05) is 18.2 Å². The van der Waals surface area contributed by atoms with Crippen molar-refractivity contribution in [2.24, 2.45) is 11.3 Å². The summed E-state index contributed by atoms with van der Waals surface area (Å²) in [6, 6.07) is 19.0. The monoisotopic (exact) mass is 938 g/mol. The fourth-order valence-corrected chi connectivity index (χ4v) is 10.8. The zero-order valence-electron chi connectivity index (χ0n) is 37.1. The van der Waals surface area contributed by atoms with Gasteiger partial charge in [-0.1, -0.05) is 43.2 Å². The van der Waals surface area contributed by atoms with Crippen LogP contribution in [0.15, 0.2) is 89.6 Å². The molecule has 2 aliphatic heterocycles. The van der Waals surface area contributed by atoms with Gasteiger partial charge in [0.05, 0.1) is 52.6 Å². The first kappa shape index (κ1) is 45.6. The highest BCUT2D eigenvalue weighted by molar-refractivity contribution is 7.90. The quantitative estimate of drug-likeness (QED) is 0.0754. The minimum absolute atomic E-state index is 0.00308. The van der Waals surface area contributed by atoms with Crippen LogP contribution in [0.5, 0.6) is 17.2 Å². The summed E-state index contributed by atoms with van der Waals surface area (Å²) in [4.78, 5) is 37.5. The number of amides is 1. The molecule has 17 heteroatoms. The third-order valence-electron chi connectivity index (χ3n) is 13.4. The van der Waals surface area contributed by atoms with E-state index in [9.17, 15) is 28.4 Å². The number of halogens is 1. The first-order chi connectivity index (χ1) is 31.7. The van der Waals surface area contributed by atoms with Gasteiger partial charge in [-0.25, -0.2) is 18.1 Å². The SMILES string of the molecule is CC1(C)CCC(c2ccc(Cl)cc2)=C(CN2CCN(c3ccc(C(=O)NS(=O)(=O)c4cc5c(c([N+](=O)[O-])c4)C[C@H](COC4CCC(O)CC4)CO5)c(Oc4cnc5[nH]ccc5c4)c3)CC2)C1. The van der Waals surface area contributed by atoms with Crippen LogP contribution in [0.4, 0.5) is 11.4 Å². The van der Waals surface area contributed by atoms with Crippen LogP contribution in [0, 0.1) is 21.4 Å². The van der Waals surface area contributed by atoms with Gasteiger partial charge >= 0.3 is 0 Å². The lowest BCUT2D eigenvalue weighted by Crippen LogP contribution is -2.47. The van der Waals surface area contributed by atoms with Gasteiger partial charge in [-0.2, -0.15) is 0 Å². The van der Waals surface area contributed by atoms with Crippen LogP contribution in [0.3, 0.4) is 0 Å². The number of aromatic amines is 1. The number of aromatic nitrogens is 2. The van der Waals surface area contributed by atoms with Crippen molar-refractivity contribution in [2.45, 2.75) is 82.3 Å². The summed E-state index contributed by atoms with van der Waals surface area (Å²) < 4.78 is 48.4. The predicted molar refractivity (Wildman–Crippen MR) is 252 cm³/mol. The molecule has 15 nitrogen and oxygen atoms in total. The molecule has 4 heterocycles. The van der Waals surface area contributed by atoms with E-state index in [4.69, 9.17) is 25.8 Å². The Balaban J connectivity index is 0.924. The van der Waals surface area contributed by atoms with Crippen molar-refractivity contribution in [3.63, 3.8) is 0 Å². The van der Waals surface area contributed by atoms with Crippen molar-refractivity contribution in [3.8, 4) is 17.2 Å². The molecule has 0 radical (unpaired) electrons. The Morgan fingerprint density at radius 2 is 1.82 bits per heavy atom. The number of hydrogen-bond acceptors (Lipinski definition) is 12. The number of carbonyl (C=O) groups excluding carboxylic acids is 1. The standard InChI is InChI=1S/C49H55ClN6O9S/c1-49(2)15-13-41(32-3-5-35(50)6-4-32)34(26-49)28-54-17-19-55(20-18-54)36-7-12-42(46(23-36)65-39-22-33-14-16-51-47(33)52-27-39)48(58)53-66(61,62)40-24-44(56(59)60)43-21-31(30-64-45(43)25-40)29-63-38-10-8-37(57)9-11-38/h3-7,12,14,16,22-25,27,31,37-38,57H,8-11,13,15,17-21,26,28-30H2,1-2H3,(H,51,52)(H,53,58)/t31-,37?,38?/m1/s1. The average Bonchev–Trinajstić information content (AvgIpc) is 3.77. The number of nitro groups is 1.